The van der Waals surface area contributed by atoms with E-state index in [1.807, 2.05) is 11.3 Å². The van der Waals surface area contributed by atoms with Gasteiger partial charge in [0.1, 0.15) is 0 Å². The molecule has 0 unspecified atom stereocenters. The van der Waals surface area contributed by atoms with Crippen LogP contribution in [0.4, 0.5) is 17.1 Å². The van der Waals surface area contributed by atoms with Crippen LogP contribution >= 0.6 is 11.3 Å². The molecular formula is C64H43NS. The molecule has 0 atom stereocenters. The van der Waals surface area contributed by atoms with Crippen LogP contribution in [0.1, 0.15) is 0 Å². The molecular weight excluding hydrogens is 815 g/mol. The van der Waals surface area contributed by atoms with E-state index in [4.69, 9.17) is 0 Å². The Morgan fingerprint density at radius 2 is 0.621 bits per heavy atom. The number of benzene rings is 11. The highest BCUT2D eigenvalue weighted by Crippen LogP contribution is 2.41. The van der Waals surface area contributed by atoms with Gasteiger partial charge in [-0.2, -0.15) is 0 Å². The fourth-order valence-corrected chi connectivity index (χ4v) is 10.6. The normalized spacial score (nSPS) is 11.3. The van der Waals surface area contributed by atoms with Gasteiger partial charge in [0.2, 0.25) is 0 Å². The molecule has 11 aromatic carbocycles. The van der Waals surface area contributed by atoms with Crippen LogP contribution < -0.4 is 4.90 Å². The van der Waals surface area contributed by atoms with E-state index in [-0.39, 0.29) is 0 Å². The van der Waals surface area contributed by atoms with Crippen molar-refractivity contribution in [3.05, 3.63) is 261 Å². The second-order valence-corrected chi connectivity index (χ2v) is 18.0. The summed E-state index contributed by atoms with van der Waals surface area (Å²) >= 11 is 1.86. The minimum Gasteiger partial charge on any atom is -0.311 e. The van der Waals surface area contributed by atoms with E-state index in [0.29, 0.717) is 0 Å². The molecule has 2 heteroatoms. The first kappa shape index (κ1) is 39.3. The number of nitrogens with zero attached hydrogens (tertiary/aromatic N) is 1. The van der Waals surface area contributed by atoms with Crippen LogP contribution in [0.3, 0.4) is 0 Å². The summed E-state index contributed by atoms with van der Waals surface area (Å²) in [6.45, 7) is 0. The molecule has 12 aromatic rings. The van der Waals surface area contributed by atoms with Gasteiger partial charge in [0.05, 0.1) is 0 Å². The van der Waals surface area contributed by atoms with Crippen LogP contribution in [-0.2, 0) is 0 Å². The molecule has 66 heavy (non-hydrogen) atoms. The quantitative estimate of drug-likeness (QED) is 0.140. The van der Waals surface area contributed by atoms with Crippen LogP contribution in [0.5, 0.6) is 0 Å². The Labute approximate surface area is 389 Å². The second kappa shape index (κ2) is 17.0. The third-order valence-corrected chi connectivity index (χ3v) is 14.0. The average molecular weight is 858 g/mol. The van der Waals surface area contributed by atoms with E-state index in [9.17, 15) is 0 Å². The summed E-state index contributed by atoms with van der Waals surface area (Å²) in [6.07, 6.45) is 0. The van der Waals surface area contributed by atoms with Crippen LogP contribution in [0.2, 0.25) is 0 Å². The molecule has 0 aliphatic carbocycles. The van der Waals surface area contributed by atoms with Gasteiger partial charge in [-0.05, 0) is 150 Å². The zero-order chi connectivity index (χ0) is 43.8. The van der Waals surface area contributed by atoms with Crippen molar-refractivity contribution in [2.75, 3.05) is 4.90 Å². The number of hydrogen-bond acceptors (Lipinski definition) is 2. The SMILES string of the molecule is c1ccc(-c2cc(-c3ccccc3)cc(-c3ccc(N(c4ccc(-c5cccc(-c6cccc7ccccc67)c5)cc4)c4ccc(-c5ccc6c(c5)sc5ccccc56)cc4)cc3)c2)cc1. The zero-order valence-corrected chi connectivity index (χ0v) is 37.0. The molecule has 12 rings (SSSR count). The van der Waals surface area contributed by atoms with Crippen LogP contribution in [0.25, 0.3) is 97.7 Å². The Kier molecular flexibility index (Phi) is 10.1. The highest BCUT2D eigenvalue weighted by Gasteiger charge is 2.16. The lowest BCUT2D eigenvalue weighted by atomic mass is 9.93. The lowest BCUT2D eigenvalue weighted by Crippen LogP contribution is -2.09. The monoisotopic (exact) mass is 857 g/mol. The second-order valence-electron chi connectivity index (χ2n) is 16.9. The highest BCUT2D eigenvalue weighted by molar-refractivity contribution is 7.25. The third-order valence-electron chi connectivity index (χ3n) is 12.9. The van der Waals surface area contributed by atoms with Crippen molar-refractivity contribution < 1.29 is 0 Å². The van der Waals surface area contributed by atoms with Crippen molar-refractivity contribution in [2.24, 2.45) is 0 Å². The number of rotatable bonds is 9. The van der Waals surface area contributed by atoms with E-state index in [1.54, 1.807) is 0 Å². The molecule has 0 aliphatic heterocycles. The molecule has 0 N–H and O–H groups in total. The summed E-state index contributed by atoms with van der Waals surface area (Å²) in [4.78, 5) is 2.37. The summed E-state index contributed by atoms with van der Waals surface area (Å²) in [6, 6.07) is 95.1. The van der Waals surface area contributed by atoms with E-state index < -0.39 is 0 Å². The van der Waals surface area contributed by atoms with Crippen molar-refractivity contribution in [1.82, 2.24) is 0 Å². The maximum Gasteiger partial charge on any atom is 0.0462 e. The maximum absolute atomic E-state index is 2.37. The van der Waals surface area contributed by atoms with Gasteiger partial charge in [0.25, 0.3) is 0 Å². The Bertz CT molecular complexity index is 3600. The van der Waals surface area contributed by atoms with Gasteiger partial charge in [-0.1, -0.05) is 188 Å². The van der Waals surface area contributed by atoms with Gasteiger partial charge in [0, 0.05) is 37.2 Å². The van der Waals surface area contributed by atoms with Gasteiger partial charge in [-0.25, -0.2) is 0 Å². The molecule has 0 amide bonds. The van der Waals surface area contributed by atoms with Gasteiger partial charge >= 0.3 is 0 Å². The molecule has 310 valence electrons. The molecule has 1 aromatic heterocycles. The minimum absolute atomic E-state index is 1.09. The predicted octanol–water partition coefficient (Wildman–Crippen LogP) is 18.7. The molecule has 0 fully saturated rings. The summed E-state index contributed by atoms with van der Waals surface area (Å²) in [5, 5.41) is 5.16. The molecule has 0 bridgehead atoms. The van der Waals surface area contributed by atoms with Crippen molar-refractivity contribution in [2.45, 2.75) is 0 Å². The molecule has 1 heterocycles. The van der Waals surface area contributed by atoms with E-state index in [1.165, 1.54) is 97.7 Å². The lowest BCUT2D eigenvalue weighted by molar-refractivity contribution is 1.28. The number of anilines is 3. The van der Waals surface area contributed by atoms with Crippen molar-refractivity contribution in [3.8, 4) is 66.8 Å². The van der Waals surface area contributed by atoms with Crippen LogP contribution in [0.15, 0.2) is 261 Å². The first-order valence-corrected chi connectivity index (χ1v) is 23.4. The van der Waals surface area contributed by atoms with Crippen molar-refractivity contribution >= 4 is 59.3 Å². The highest BCUT2D eigenvalue weighted by atomic mass is 32.1. The predicted molar refractivity (Wildman–Crippen MR) is 284 cm³/mol. The van der Waals surface area contributed by atoms with Gasteiger partial charge in [-0.15, -0.1) is 11.3 Å². The standard InChI is InChI=1S/C64H43NS/c1-3-13-44(14-4-1)53-40-54(45-15-5-2-6-16-45)42-55(41-53)48-29-36-58(37-30-48)65(57-34-27-47(28-35-57)51-31-38-62-61-22-9-10-24-63(61)66-64(62)43-51)56-32-25-46(26-33-56)50-19-11-20-52(39-50)60-23-12-18-49-17-7-8-21-59(49)60/h1-43H. The first-order valence-electron chi connectivity index (χ1n) is 22.6. The summed E-state index contributed by atoms with van der Waals surface area (Å²) in [5.74, 6) is 0. The minimum atomic E-state index is 1.09. The topological polar surface area (TPSA) is 3.24 Å². The fraction of sp³-hybridized carbons (Fsp3) is 0. The smallest absolute Gasteiger partial charge is 0.0462 e. The lowest BCUT2D eigenvalue weighted by Gasteiger charge is -2.26. The van der Waals surface area contributed by atoms with E-state index in [2.05, 4.69) is 266 Å². The zero-order valence-electron chi connectivity index (χ0n) is 36.2. The fourth-order valence-electron chi connectivity index (χ4n) is 9.49. The van der Waals surface area contributed by atoms with E-state index in [0.717, 1.165) is 17.1 Å². The molecule has 0 radical (unpaired) electrons. The Balaban J connectivity index is 0.917. The molecule has 0 saturated heterocycles. The van der Waals surface area contributed by atoms with Gasteiger partial charge < -0.3 is 4.90 Å². The summed E-state index contributed by atoms with van der Waals surface area (Å²) in [7, 11) is 0. The number of hydrogen-bond donors (Lipinski definition) is 0. The maximum atomic E-state index is 2.37. The summed E-state index contributed by atoms with van der Waals surface area (Å²) < 4.78 is 2.64. The van der Waals surface area contributed by atoms with Crippen molar-refractivity contribution in [3.63, 3.8) is 0 Å². The third kappa shape index (κ3) is 7.54. The molecule has 0 saturated carbocycles. The van der Waals surface area contributed by atoms with Crippen molar-refractivity contribution in [1.29, 1.82) is 0 Å². The first-order chi connectivity index (χ1) is 32.7. The largest absolute Gasteiger partial charge is 0.311 e. The van der Waals surface area contributed by atoms with Crippen LogP contribution in [0, 0.1) is 0 Å². The van der Waals surface area contributed by atoms with Crippen LogP contribution in [-0.4, -0.2) is 0 Å². The number of thiophene rings is 1. The Morgan fingerprint density at radius 3 is 1.23 bits per heavy atom. The van der Waals surface area contributed by atoms with E-state index >= 15 is 0 Å². The molecule has 0 aliphatic rings. The van der Waals surface area contributed by atoms with Gasteiger partial charge in [0.15, 0.2) is 0 Å². The number of fused-ring (bicyclic) bond motifs is 4. The van der Waals surface area contributed by atoms with Gasteiger partial charge in [-0.3, -0.25) is 0 Å². The Morgan fingerprint density at radius 1 is 0.227 bits per heavy atom. The Hall–Kier alpha value is -8.30. The average Bonchev–Trinajstić information content (AvgIpc) is 3.78. The summed E-state index contributed by atoms with van der Waals surface area (Å²) in [5.41, 5.74) is 17.7. The molecule has 0 spiro atoms. The molecule has 1 nitrogen and oxygen atoms in total.